The molecule has 0 aliphatic rings. The predicted octanol–water partition coefficient (Wildman–Crippen LogP) is 1.02. The summed E-state index contributed by atoms with van der Waals surface area (Å²) in [4.78, 5) is 46.3. The first-order chi connectivity index (χ1) is 10.6. The number of rotatable bonds is 7. The van der Waals surface area contributed by atoms with E-state index in [4.69, 9.17) is 5.11 Å². The van der Waals surface area contributed by atoms with Gasteiger partial charge in [0.05, 0.1) is 14.7 Å². The van der Waals surface area contributed by atoms with Gasteiger partial charge in [0.2, 0.25) is 5.91 Å². The van der Waals surface area contributed by atoms with E-state index in [1.165, 1.54) is 20.8 Å². The number of aryl methyl sites for hydroxylation is 1. The molecule has 0 saturated carbocycles. The fraction of sp³-hybridized carbons (Fsp3) is 0.462. The highest BCUT2D eigenvalue weighted by Gasteiger charge is 2.29. The molecule has 23 heavy (non-hydrogen) atoms. The van der Waals surface area contributed by atoms with Crippen molar-refractivity contribution in [3.05, 3.63) is 25.9 Å². The van der Waals surface area contributed by atoms with Gasteiger partial charge < -0.3 is 15.3 Å². The quantitative estimate of drug-likeness (QED) is 0.561. The molecule has 2 amide bonds. The number of hydrogen-bond donors (Lipinski definition) is 2. The largest absolute Gasteiger partial charge is 0.480 e. The fourth-order valence-electron chi connectivity index (χ4n) is 1.86. The Kier molecular flexibility index (Phi) is 6.19. The number of nitrogens with zero attached hydrogens (tertiary/aromatic N) is 2. The van der Waals surface area contributed by atoms with Crippen LogP contribution >= 0.6 is 11.3 Å². The van der Waals surface area contributed by atoms with E-state index in [2.05, 4.69) is 5.32 Å². The van der Waals surface area contributed by atoms with Crippen LogP contribution in [0.2, 0.25) is 0 Å². The summed E-state index contributed by atoms with van der Waals surface area (Å²) in [6, 6.07) is 0.0141. The van der Waals surface area contributed by atoms with Crippen molar-refractivity contribution in [1.29, 1.82) is 0 Å². The molecule has 1 rings (SSSR count). The van der Waals surface area contributed by atoms with Crippen molar-refractivity contribution in [2.24, 2.45) is 0 Å². The van der Waals surface area contributed by atoms with Crippen LogP contribution in [0.1, 0.15) is 28.4 Å². The van der Waals surface area contributed by atoms with E-state index in [-0.39, 0.29) is 29.6 Å². The molecule has 0 aromatic carbocycles. The minimum absolute atomic E-state index is 0.0172. The average Bonchev–Trinajstić information content (AvgIpc) is 2.84. The monoisotopic (exact) mass is 343 g/mol. The minimum Gasteiger partial charge on any atom is -0.480 e. The molecule has 0 spiro atoms. The summed E-state index contributed by atoms with van der Waals surface area (Å²) < 4.78 is 0. The molecule has 1 atom stereocenters. The zero-order valence-electron chi connectivity index (χ0n) is 12.9. The zero-order valence-corrected chi connectivity index (χ0v) is 13.7. The first-order valence-corrected chi connectivity index (χ1v) is 7.49. The van der Waals surface area contributed by atoms with Crippen LogP contribution in [0.3, 0.4) is 0 Å². The number of hydrogen-bond acceptors (Lipinski definition) is 6. The van der Waals surface area contributed by atoms with Crippen LogP contribution in [-0.4, -0.2) is 51.8 Å². The minimum atomic E-state index is -1.20. The first-order valence-electron chi connectivity index (χ1n) is 6.68. The number of aliphatic carboxylic acids is 1. The number of nitro groups is 1. The van der Waals surface area contributed by atoms with Crippen molar-refractivity contribution < 1.29 is 24.4 Å². The van der Waals surface area contributed by atoms with Crippen LogP contribution in [-0.2, 0) is 9.59 Å². The summed E-state index contributed by atoms with van der Waals surface area (Å²) in [7, 11) is 0. The molecule has 1 aromatic rings. The molecule has 1 unspecified atom stereocenters. The van der Waals surface area contributed by atoms with Crippen LogP contribution in [0.4, 0.5) is 5.69 Å². The van der Waals surface area contributed by atoms with E-state index >= 15 is 0 Å². The lowest BCUT2D eigenvalue weighted by molar-refractivity contribution is -0.385. The van der Waals surface area contributed by atoms with E-state index < -0.39 is 22.8 Å². The van der Waals surface area contributed by atoms with E-state index in [0.29, 0.717) is 4.88 Å². The van der Waals surface area contributed by atoms with Crippen molar-refractivity contribution >= 4 is 34.8 Å². The summed E-state index contributed by atoms with van der Waals surface area (Å²) in [5.74, 6) is -2.13. The maximum absolute atomic E-state index is 12.5. The fourth-order valence-corrected chi connectivity index (χ4v) is 2.80. The highest BCUT2D eigenvalue weighted by molar-refractivity contribution is 7.14. The van der Waals surface area contributed by atoms with Gasteiger partial charge in [-0.1, -0.05) is 0 Å². The molecule has 0 radical (unpaired) electrons. The summed E-state index contributed by atoms with van der Waals surface area (Å²) in [5, 5.41) is 22.5. The average molecular weight is 343 g/mol. The summed E-state index contributed by atoms with van der Waals surface area (Å²) in [6.45, 7) is 4.23. The molecule has 10 heteroatoms. The number of carbonyl (C=O) groups excluding carboxylic acids is 2. The molecule has 1 heterocycles. The van der Waals surface area contributed by atoms with Gasteiger partial charge in [-0.25, -0.2) is 4.79 Å². The van der Waals surface area contributed by atoms with Crippen LogP contribution in [0.15, 0.2) is 6.07 Å². The Balaban J connectivity index is 3.02. The molecule has 1 aromatic heterocycles. The van der Waals surface area contributed by atoms with Crippen LogP contribution in [0.25, 0.3) is 0 Å². The maximum Gasteiger partial charge on any atom is 0.326 e. The van der Waals surface area contributed by atoms with Crippen LogP contribution in [0.5, 0.6) is 0 Å². The topological polar surface area (TPSA) is 130 Å². The van der Waals surface area contributed by atoms with Crippen molar-refractivity contribution in [2.75, 3.05) is 13.1 Å². The number of carboxylic acid groups (broad SMARTS) is 1. The highest BCUT2D eigenvalue weighted by Crippen LogP contribution is 2.29. The van der Waals surface area contributed by atoms with E-state index in [1.807, 2.05) is 0 Å². The van der Waals surface area contributed by atoms with Crippen LogP contribution < -0.4 is 5.32 Å². The predicted molar refractivity (Wildman–Crippen MR) is 82.5 cm³/mol. The Morgan fingerprint density at radius 2 is 2.09 bits per heavy atom. The lowest BCUT2D eigenvalue weighted by atomic mass is 10.2. The Morgan fingerprint density at radius 3 is 2.52 bits per heavy atom. The van der Waals surface area contributed by atoms with E-state index in [9.17, 15) is 24.5 Å². The molecule has 0 fully saturated rings. The lowest BCUT2D eigenvalue weighted by Gasteiger charge is -2.26. The zero-order chi connectivity index (χ0) is 17.7. The SMILES string of the molecule is CC(=O)NCCN(C(=O)c1cc([N+](=O)[O-])c(C)s1)C(C)C(=O)O. The third kappa shape index (κ3) is 4.74. The summed E-state index contributed by atoms with van der Waals surface area (Å²) in [6.07, 6.45) is 0. The Labute approximate surface area is 136 Å². The van der Waals surface area contributed by atoms with Gasteiger partial charge in [-0.3, -0.25) is 19.7 Å². The second kappa shape index (κ2) is 7.68. The standard InChI is InChI=1S/C13H17N3O6S/c1-7(13(19)20)15(5-4-14-9(3)17)12(18)11-6-10(16(21)22)8(2)23-11/h6-7H,4-5H2,1-3H3,(H,14,17)(H,19,20). The van der Waals surface area contributed by atoms with Gasteiger partial charge in [0.15, 0.2) is 0 Å². The molecule has 0 aliphatic heterocycles. The van der Waals surface area contributed by atoms with Gasteiger partial charge in [0, 0.05) is 26.1 Å². The molecular formula is C13H17N3O6S. The summed E-state index contributed by atoms with van der Waals surface area (Å²) in [5.41, 5.74) is -0.178. The highest BCUT2D eigenvalue weighted by atomic mass is 32.1. The Bertz CT molecular complexity index is 642. The van der Waals surface area contributed by atoms with Gasteiger partial charge in [0.25, 0.3) is 11.6 Å². The number of carboxylic acids is 1. The van der Waals surface area contributed by atoms with Crippen molar-refractivity contribution in [3.63, 3.8) is 0 Å². The van der Waals surface area contributed by atoms with E-state index in [1.54, 1.807) is 0 Å². The molecule has 2 N–H and O–H groups in total. The second-order valence-corrected chi connectivity index (χ2v) is 6.06. The summed E-state index contributed by atoms with van der Waals surface area (Å²) >= 11 is 0.935. The maximum atomic E-state index is 12.5. The number of nitrogens with one attached hydrogen (secondary N) is 1. The molecule has 0 saturated heterocycles. The normalized spacial score (nSPS) is 11.6. The van der Waals surface area contributed by atoms with Gasteiger partial charge in [0.1, 0.15) is 6.04 Å². The third-order valence-electron chi connectivity index (χ3n) is 3.11. The molecule has 9 nitrogen and oxygen atoms in total. The smallest absolute Gasteiger partial charge is 0.326 e. The number of amides is 2. The Hall–Kier alpha value is -2.49. The van der Waals surface area contributed by atoms with Gasteiger partial charge in [-0.05, 0) is 13.8 Å². The van der Waals surface area contributed by atoms with Crippen molar-refractivity contribution in [3.8, 4) is 0 Å². The molecule has 0 aliphatic carbocycles. The molecule has 0 bridgehead atoms. The third-order valence-corrected chi connectivity index (χ3v) is 4.14. The van der Waals surface area contributed by atoms with Gasteiger partial charge >= 0.3 is 5.97 Å². The van der Waals surface area contributed by atoms with E-state index in [0.717, 1.165) is 22.3 Å². The molecular weight excluding hydrogens is 326 g/mol. The first kappa shape index (κ1) is 18.6. The number of thiophene rings is 1. The number of carbonyl (C=O) groups is 3. The Morgan fingerprint density at radius 1 is 1.48 bits per heavy atom. The second-order valence-electron chi connectivity index (χ2n) is 4.80. The van der Waals surface area contributed by atoms with Crippen molar-refractivity contribution in [2.45, 2.75) is 26.8 Å². The lowest BCUT2D eigenvalue weighted by Crippen LogP contribution is -2.46. The van der Waals surface area contributed by atoms with Crippen LogP contribution in [0, 0.1) is 17.0 Å². The van der Waals surface area contributed by atoms with Crippen molar-refractivity contribution in [1.82, 2.24) is 10.2 Å². The molecule has 126 valence electrons. The van der Waals surface area contributed by atoms with Gasteiger partial charge in [-0.2, -0.15) is 0 Å². The van der Waals surface area contributed by atoms with Gasteiger partial charge in [-0.15, -0.1) is 11.3 Å².